The number of hydrogen-bond donors (Lipinski definition) is 1. The number of aliphatic hydroxyl groups is 1. The summed E-state index contributed by atoms with van der Waals surface area (Å²) in [4.78, 5) is 0. The third-order valence-electron chi connectivity index (χ3n) is 2.80. The van der Waals surface area contributed by atoms with Crippen LogP contribution in [0.2, 0.25) is 5.02 Å². The van der Waals surface area contributed by atoms with Crippen molar-refractivity contribution >= 4 is 27.5 Å². The molecule has 0 spiro atoms. The molecule has 1 atom stereocenters. The van der Waals surface area contributed by atoms with Gasteiger partial charge in [0.1, 0.15) is 0 Å². The highest BCUT2D eigenvalue weighted by molar-refractivity contribution is 9.10. The van der Waals surface area contributed by atoms with Crippen molar-refractivity contribution in [2.24, 2.45) is 0 Å². The fourth-order valence-corrected chi connectivity index (χ4v) is 2.58. The van der Waals surface area contributed by atoms with Crippen LogP contribution in [-0.4, -0.2) is 5.11 Å². The Labute approximate surface area is 123 Å². The van der Waals surface area contributed by atoms with Crippen LogP contribution >= 0.6 is 27.5 Å². The SMILES string of the molecule is OC(Cc1ccccc1Cl)c1ccc(F)c(F)c1Br. The molecule has 0 aliphatic carbocycles. The Kier molecular flexibility index (Phi) is 4.55. The highest BCUT2D eigenvalue weighted by atomic mass is 79.9. The molecule has 0 bridgehead atoms. The average Bonchev–Trinajstić information content (AvgIpc) is 2.39. The summed E-state index contributed by atoms with van der Waals surface area (Å²) in [5.74, 6) is -1.96. The number of hydrogen-bond acceptors (Lipinski definition) is 1. The second kappa shape index (κ2) is 5.99. The molecule has 5 heteroatoms. The Morgan fingerprint density at radius 1 is 1.16 bits per heavy atom. The lowest BCUT2D eigenvalue weighted by Gasteiger charge is -2.14. The van der Waals surface area contributed by atoms with Gasteiger partial charge in [0.15, 0.2) is 11.6 Å². The lowest BCUT2D eigenvalue weighted by Crippen LogP contribution is -2.05. The van der Waals surface area contributed by atoms with Crippen LogP contribution in [-0.2, 0) is 6.42 Å². The normalized spacial score (nSPS) is 12.5. The lowest BCUT2D eigenvalue weighted by atomic mass is 10.0. The van der Waals surface area contributed by atoms with E-state index >= 15 is 0 Å². The Hall–Kier alpha value is -0.970. The molecule has 0 aliphatic rings. The van der Waals surface area contributed by atoms with Gasteiger partial charge in [0.2, 0.25) is 0 Å². The third-order valence-corrected chi connectivity index (χ3v) is 3.97. The standard InChI is InChI=1S/C14H10BrClF2O/c15-13-9(5-6-11(17)14(13)18)12(19)7-8-3-1-2-4-10(8)16/h1-6,12,19H,7H2. The molecule has 1 unspecified atom stereocenters. The predicted octanol–water partition coefficient (Wildman–Crippen LogP) is 4.66. The van der Waals surface area contributed by atoms with Gasteiger partial charge in [-0.3, -0.25) is 0 Å². The van der Waals surface area contributed by atoms with Gasteiger partial charge < -0.3 is 5.11 Å². The molecular formula is C14H10BrClF2O. The first-order valence-corrected chi connectivity index (χ1v) is 6.72. The van der Waals surface area contributed by atoms with Crippen molar-refractivity contribution in [2.45, 2.75) is 12.5 Å². The van der Waals surface area contributed by atoms with E-state index in [2.05, 4.69) is 15.9 Å². The Balaban J connectivity index is 2.28. The van der Waals surface area contributed by atoms with Crippen LogP contribution in [0.1, 0.15) is 17.2 Å². The van der Waals surface area contributed by atoms with Crippen LogP contribution in [0.25, 0.3) is 0 Å². The Bertz CT molecular complexity index is 604. The average molecular weight is 348 g/mol. The molecule has 1 N–H and O–H groups in total. The molecule has 0 fully saturated rings. The van der Waals surface area contributed by atoms with Crippen molar-refractivity contribution in [1.29, 1.82) is 0 Å². The number of aliphatic hydroxyl groups excluding tert-OH is 1. The summed E-state index contributed by atoms with van der Waals surface area (Å²) in [6.07, 6.45) is -0.743. The summed E-state index contributed by atoms with van der Waals surface area (Å²) >= 11 is 8.95. The van der Waals surface area contributed by atoms with E-state index < -0.39 is 17.7 Å². The molecule has 19 heavy (non-hydrogen) atoms. The van der Waals surface area contributed by atoms with Gasteiger partial charge in [0.05, 0.1) is 10.6 Å². The maximum absolute atomic E-state index is 13.4. The fraction of sp³-hybridized carbons (Fsp3) is 0.143. The Morgan fingerprint density at radius 2 is 1.84 bits per heavy atom. The van der Waals surface area contributed by atoms with E-state index in [-0.39, 0.29) is 10.9 Å². The van der Waals surface area contributed by atoms with Crippen LogP contribution in [0.5, 0.6) is 0 Å². The molecule has 1 nitrogen and oxygen atoms in total. The molecule has 0 heterocycles. The maximum atomic E-state index is 13.4. The van der Waals surface area contributed by atoms with Gasteiger partial charge >= 0.3 is 0 Å². The van der Waals surface area contributed by atoms with Crippen LogP contribution in [0.4, 0.5) is 8.78 Å². The van der Waals surface area contributed by atoms with Gasteiger partial charge in [-0.25, -0.2) is 8.78 Å². The molecule has 0 radical (unpaired) electrons. The van der Waals surface area contributed by atoms with Crippen LogP contribution < -0.4 is 0 Å². The topological polar surface area (TPSA) is 20.2 Å². The first-order chi connectivity index (χ1) is 9.00. The number of rotatable bonds is 3. The van der Waals surface area contributed by atoms with E-state index in [4.69, 9.17) is 11.6 Å². The monoisotopic (exact) mass is 346 g/mol. The smallest absolute Gasteiger partial charge is 0.173 e. The quantitative estimate of drug-likeness (QED) is 0.801. The molecular weight excluding hydrogens is 338 g/mol. The van der Waals surface area contributed by atoms with E-state index in [9.17, 15) is 13.9 Å². The zero-order valence-electron chi connectivity index (χ0n) is 9.71. The third kappa shape index (κ3) is 3.14. The van der Waals surface area contributed by atoms with Crippen molar-refractivity contribution in [2.75, 3.05) is 0 Å². The van der Waals surface area contributed by atoms with E-state index in [1.54, 1.807) is 24.3 Å². The minimum atomic E-state index is -1.00. The molecule has 0 saturated heterocycles. The molecule has 0 saturated carbocycles. The van der Waals surface area contributed by atoms with Crippen LogP contribution in [0, 0.1) is 11.6 Å². The first kappa shape index (κ1) is 14.4. The lowest BCUT2D eigenvalue weighted by molar-refractivity contribution is 0.177. The van der Waals surface area contributed by atoms with Crippen molar-refractivity contribution in [1.82, 2.24) is 0 Å². The maximum Gasteiger partial charge on any atom is 0.173 e. The van der Waals surface area contributed by atoms with Gasteiger partial charge in [-0.15, -0.1) is 0 Å². The second-order valence-corrected chi connectivity index (χ2v) is 5.28. The summed E-state index contributed by atoms with van der Waals surface area (Å²) in [5.41, 5.74) is 1.03. The van der Waals surface area contributed by atoms with E-state index in [1.807, 2.05) is 0 Å². The van der Waals surface area contributed by atoms with Crippen LogP contribution in [0.15, 0.2) is 40.9 Å². The molecule has 0 aliphatic heterocycles. The molecule has 2 aromatic rings. The van der Waals surface area contributed by atoms with E-state index in [1.165, 1.54) is 6.07 Å². The molecule has 0 amide bonds. The molecule has 2 rings (SSSR count). The highest BCUT2D eigenvalue weighted by Gasteiger charge is 2.18. The zero-order chi connectivity index (χ0) is 14.0. The molecule has 2 aromatic carbocycles. The van der Waals surface area contributed by atoms with Crippen molar-refractivity contribution in [3.8, 4) is 0 Å². The number of benzene rings is 2. The number of halogens is 4. The largest absolute Gasteiger partial charge is 0.388 e. The van der Waals surface area contributed by atoms with Crippen molar-refractivity contribution in [3.05, 3.63) is 68.7 Å². The van der Waals surface area contributed by atoms with Gasteiger partial charge in [0, 0.05) is 11.4 Å². The van der Waals surface area contributed by atoms with Gasteiger partial charge in [-0.2, -0.15) is 0 Å². The summed E-state index contributed by atoms with van der Waals surface area (Å²) in [6, 6.07) is 9.42. The van der Waals surface area contributed by atoms with Crippen molar-refractivity contribution < 1.29 is 13.9 Å². The van der Waals surface area contributed by atoms with Crippen LogP contribution in [0.3, 0.4) is 0 Å². The van der Waals surface area contributed by atoms with Gasteiger partial charge in [-0.1, -0.05) is 35.9 Å². The molecule has 0 aromatic heterocycles. The van der Waals surface area contributed by atoms with Gasteiger partial charge in [0.25, 0.3) is 0 Å². The van der Waals surface area contributed by atoms with E-state index in [0.29, 0.717) is 10.6 Å². The predicted molar refractivity (Wildman–Crippen MR) is 74.2 cm³/mol. The van der Waals surface area contributed by atoms with E-state index in [0.717, 1.165) is 11.6 Å². The highest BCUT2D eigenvalue weighted by Crippen LogP contribution is 2.31. The minimum Gasteiger partial charge on any atom is -0.388 e. The fourth-order valence-electron chi connectivity index (χ4n) is 1.78. The summed E-state index contributed by atoms with van der Waals surface area (Å²) in [6.45, 7) is 0. The minimum absolute atomic E-state index is 0.0629. The summed E-state index contributed by atoms with van der Waals surface area (Å²) in [5, 5.41) is 10.6. The van der Waals surface area contributed by atoms with Crippen molar-refractivity contribution in [3.63, 3.8) is 0 Å². The summed E-state index contributed by atoms with van der Waals surface area (Å²) in [7, 11) is 0. The first-order valence-electron chi connectivity index (χ1n) is 5.55. The zero-order valence-corrected chi connectivity index (χ0v) is 12.0. The van der Waals surface area contributed by atoms with Gasteiger partial charge in [-0.05, 0) is 39.2 Å². The summed E-state index contributed by atoms with van der Waals surface area (Å²) < 4.78 is 26.4. The second-order valence-electron chi connectivity index (χ2n) is 4.08. The molecule has 100 valence electrons. The Morgan fingerprint density at radius 3 is 2.53 bits per heavy atom.